The fourth-order valence-corrected chi connectivity index (χ4v) is 8.88. The van der Waals surface area contributed by atoms with E-state index in [0.717, 1.165) is 24.2 Å². The molecular formula is C49H35N. The predicted octanol–water partition coefficient (Wildman–Crippen LogP) is 12.9. The highest BCUT2D eigenvalue weighted by Gasteiger charge is 2.53. The summed E-state index contributed by atoms with van der Waals surface area (Å²) < 4.78 is 0. The van der Waals surface area contributed by atoms with Gasteiger partial charge < -0.3 is 4.90 Å². The van der Waals surface area contributed by atoms with Crippen LogP contribution in [0.25, 0.3) is 39.0 Å². The van der Waals surface area contributed by atoms with Crippen molar-refractivity contribution in [3.05, 3.63) is 216 Å². The largest absolute Gasteiger partial charge is 0.310 e. The Morgan fingerprint density at radius 2 is 0.920 bits per heavy atom. The van der Waals surface area contributed by atoms with E-state index in [1.54, 1.807) is 0 Å². The van der Waals surface area contributed by atoms with Gasteiger partial charge in [0.25, 0.3) is 0 Å². The van der Waals surface area contributed by atoms with Crippen LogP contribution in [0.5, 0.6) is 0 Å². The Morgan fingerprint density at radius 3 is 1.54 bits per heavy atom. The summed E-state index contributed by atoms with van der Waals surface area (Å²) >= 11 is 0. The first-order valence-electron chi connectivity index (χ1n) is 17.7. The smallest absolute Gasteiger partial charge is 0.0722 e. The Kier molecular flexibility index (Phi) is 6.60. The fourth-order valence-electron chi connectivity index (χ4n) is 8.88. The van der Waals surface area contributed by atoms with Crippen molar-refractivity contribution in [1.29, 1.82) is 0 Å². The van der Waals surface area contributed by atoms with Crippen molar-refractivity contribution >= 4 is 22.6 Å². The predicted molar refractivity (Wildman–Crippen MR) is 209 cm³/mol. The Balaban J connectivity index is 1.21. The van der Waals surface area contributed by atoms with Crippen molar-refractivity contribution in [2.75, 3.05) is 4.90 Å². The molecule has 0 saturated carbocycles. The first kappa shape index (κ1) is 28.8. The maximum atomic E-state index is 2.46. The van der Waals surface area contributed by atoms with Gasteiger partial charge in [0.1, 0.15) is 0 Å². The number of hydrogen-bond acceptors (Lipinski definition) is 1. The van der Waals surface area contributed by atoms with Crippen LogP contribution in [0.3, 0.4) is 0 Å². The van der Waals surface area contributed by atoms with Crippen molar-refractivity contribution in [1.82, 2.24) is 0 Å². The zero-order chi connectivity index (χ0) is 33.1. The minimum atomic E-state index is -0.342. The summed E-state index contributed by atoms with van der Waals surface area (Å²) in [4.78, 5) is 2.46. The van der Waals surface area contributed by atoms with Crippen molar-refractivity contribution in [2.45, 2.75) is 18.3 Å². The SMILES string of the molecule is C1=CC2=C(CC1)c1ccccc1C21c2ccccc2-c2c(N(c3ccc(-c4ccccc4)cc3)c3ccc(-c4ccccc4)cc3)cccc21. The molecule has 1 unspecified atom stereocenters. The van der Waals surface area contributed by atoms with Crippen LogP contribution in [0.1, 0.15) is 35.1 Å². The minimum Gasteiger partial charge on any atom is -0.310 e. The summed E-state index contributed by atoms with van der Waals surface area (Å²) in [6.07, 6.45) is 6.98. The molecule has 1 nitrogen and oxygen atoms in total. The van der Waals surface area contributed by atoms with Gasteiger partial charge in [0.2, 0.25) is 0 Å². The third-order valence-electron chi connectivity index (χ3n) is 11.0. The third-order valence-corrected chi connectivity index (χ3v) is 11.0. The zero-order valence-electron chi connectivity index (χ0n) is 27.8. The van der Waals surface area contributed by atoms with Gasteiger partial charge in [-0.25, -0.2) is 0 Å². The molecule has 0 bridgehead atoms. The van der Waals surface area contributed by atoms with Crippen LogP contribution in [-0.2, 0) is 5.41 Å². The van der Waals surface area contributed by atoms with Crippen LogP contribution in [0.15, 0.2) is 194 Å². The van der Waals surface area contributed by atoms with E-state index in [9.17, 15) is 0 Å². The molecule has 1 atom stereocenters. The lowest BCUT2D eigenvalue weighted by molar-refractivity contribution is 0.780. The number of nitrogens with zero attached hydrogens (tertiary/aromatic N) is 1. The van der Waals surface area contributed by atoms with Crippen LogP contribution in [0.4, 0.5) is 17.1 Å². The van der Waals surface area contributed by atoms with Gasteiger partial charge in [-0.1, -0.05) is 158 Å². The number of fused-ring (bicyclic) bond motifs is 9. The second kappa shape index (κ2) is 11.5. The molecule has 7 aromatic rings. The van der Waals surface area contributed by atoms with Gasteiger partial charge in [0, 0.05) is 16.9 Å². The van der Waals surface area contributed by atoms with Crippen LogP contribution in [0, 0.1) is 0 Å². The maximum Gasteiger partial charge on any atom is 0.0722 e. The van der Waals surface area contributed by atoms with E-state index in [0.29, 0.717) is 0 Å². The molecule has 1 spiro atoms. The van der Waals surface area contributed by atoms with Gasteiger partial charge >= 0.3 is 0 Å². The first-order chi connectivity index (χ1) is 24.8. The summed E-state index contributed by atoms with van der Waals surface area (Å²) in [5, 5.41) is 0. The normalized spacial score (nSPS) is 16.6. The molecule has 0 amide bonds. The monoisotopic (exact) mass is 637 g/mol. The average molecular weight is 638 g/mol. The summed E-state index contributed by atoms with van der Waals surface area (Å²) in [5.74, 6) is 0. The van der Waals surface area contributed by atoms with E-state index in [2.05, 4.69) is 193 Å². The van der Waals surface area contributed by atoms with Crippen molar-refractivity contribution in [3.63, 3.8) is 0 Å². The van der Waals surface area contributed by atoms with Gasteiger partial charge in [-0.15, -0.1) is 0 Å². The Labute approximate surface area is 294 Å². The van der Waals surface area contributed by atoms with Crippen LogP contribution in [0.2, 0.25) is 0 Å². The van der Waals surface area contributed by atoms with Gasteiger partial charge in [-0.05, 0) is 104 Å². The van der Waals surface area contributed by atoms with Gasteiger partial charge in [-0.2, -0.15) is 0 Å². The molecule has 3 aliphatic carbocycles. The second-order valence-corrected chi connectivity index (χ2v) is 13.5. The quantitative estimate of drug-likeness (QED) is 0.182. The zero-order valence-corrected chi connectivity index (χ0v) is 27.8. The Hall–Kier alpha value is -6.18. The van der Waals surface area contributed by atoms with E-state index in [-0.39, 0.29) is 5.41 Å². The van der Waals surface area contributed by atoms with Gasteiger partial charge in [-0.3, -0.25) is 0 Å². The number of rotatable bonds is 5. The van der Waals surface area contributed by atoms with Crippen LogP contribution < -0.4 is 4.90 Å². The van der Waals surface area contributed by atoms with Crippen molar-refractivity contribution < 1.29 is 0 Å². The fraction of sp³-hybridized carbons (Fsp3) is 0.0612. The number of hydrogen-bond donors (Lipinski definition) is 0. The molecule has 0 heterocycles. The highest BCUT2D eigenvalue weighted by molar-refractivity contribution is 6.01. The molecule has 10 rings (SSSR count). The molecule has 7 aromatic carbocycles. The molecule has 0 radical (unpaired) electrons. The number of anilines is 3. The van der Waals surface area contributed by atoms with Crippen molar-refractivity contribution in [3.8, 4) is 33.4 Å². The van der Waals surface area contributed by atoms with Gasteiger partial charge in [0.05, 0.1) is 11.1 Å². The lowest BCUT2D eigenvalue weighted by Crippen LogP contribution is -2.27. The topological polar surface area (TPSA) is 3.24 Å². The minimum absolute atomic E-state index is 0.342. The highest BCUT2D eigenvalue weighted by atomic mass is 15.1. The lowest BCUT2D eigenvalue weighted by Gasteiger charge is -2.33. The molecular weight excluding hydrogens is 603 g/mol. The number of allylic oxidation sites excluding steroid dienone is 4. The van der Waals surface area contributed by atoms with Gasteiger partial charge in [0.15, 0.2) is 0 Å². The molecule has 0 saturated heterocycles. The molecule has 0 aromatic heterocycles. The first-order valence-corrected chi connectivity index (χ1v) is 17.7. The lowest BCUT2D eigenvalue weighted by atomic mass is 9.69. The average Bonchev–Trinajstić information content (AvgIpc) is 3.67. The molecule has 236 valence electrons. The standard InChI is InChI=1S/C49H35N/c1-3-14-34(15-4-1)36-26-30-38(31-27-36)50(39-32-28-37(29-33-39)35-16-5-2-6-17-35)47-25-13-24-46-48(47)42-20-9-12-23-45(42)49(46)43-21-10-7-18-40(43)41-19-8-11-22-44(41)49/h1-7,9-18,20-33H,8,19H2. The van der Waals surface area contributed by atoms with E-state index in [4.69, 9.17) is 0 Å². The highest BCUT2D eigenvalue weighted by Crippen LogP contribution is 2.65. The van der Waals surface area contributed by atoms with E-state index >= 15 is 0 Å². The summed E-state index contributed by atoms with van der Waals surface area (Å²) in [7, 11) is 0. The Bertz CT molecular complexity index is 2370. The number of benzene rings is 7. The molecule has 1 heteroatoms. The van der Waals surface area contributed by atoms with Crippen molar-refractivity contribution in [2.24, 2.45) is 0 Å². The summed E-state index contributed by atoms with van der Waals surface area (Å²) in [6.45, 7) is 0. The van der Waals surface area contributed by atoms with E-state index in [1.807, 2.05) is 0 Å². The van der Waals surface area contributed by atoms with Crippen LogP contribution >= 0.6 is 0 Å². The second-order valence-electron chi connectivity index (χ2n) is 13.5. The molecule has 50 heavy (non-hydrogen) atoms. The summed E-state index contributed by atoms with van der Waals surface area (Å²) in [6, 6.07) is 64.7. The molecule has 0 N–H and O–H groups in total. The van der Waals surface area contributed by atoms with Crippen LogP contribution in [-0.4, -0.2) is 0 Å². The molecule has 3 aliphatic rings. The Morgan fingerprint density at radius 1 is 0.420 bits per heavy atom. The molecule has 0 aliphatic heterocycles. The maximum absolute atomic E-state index is 2.46. The molecule has 0 fully saturated rings. The summed E-state index contributed by atoms with van der Waals surface area (Å²) in [5.41, 5.74) is 19.1. The van der Waals surface area contributed by atoms with E-state index < -0.39 is 0 Å². The van der Waals surface area contributed by atoms with E-state index in [1.165, 1.54) is 72.5 Å². The third kappa shape index (κ3) is 4.20.